The van der Waals surface area contributed by atoms with E-state index in [-0.39, 0.29) is 11.4 Å². The van der Waals surface area contributed by atoms with Crippen LogP contribution in [0.5, 0.6) is 0 Å². The number of amides is 2. The summed E-state index contributed by atoms with van der Waals surface area (Å²) in [7, 11) is -1.62. The molecule has 0 radical (unpaired) electrons. The average Bonchev–Trinajstić information content (AvgIpc) is 2.79. The molecule has 1 aliphatic rings. The Balaban J connectivity index is 0.000000346. The molecule has 0 spiro atoms. The molecule has 22 heavy (non-hydrogen) atoms. The Morgan fingerprint density at radius 3 is 2.23 bits per heavy atom. The highest BCUT2D eigenvalue weighted by atomic mass is 16.5. The summed E-state index contributed by atoms with van der Waals surface area (Å²) in [6, 6.07) is 5.97. The van der Waals surface area contributed by atoms with Crippen molar-refractivity contribution in [2.24, 2.45) is 0 Å². The standard InChI is InChI=1S/C10H8BNO4.C4H8O2/c13-9-4-5-10(14)12(9)8-3-1-2-7(6-8)11(15)16;1-3-6-4(2)5/h1-6,15-16H;3H2,1-2H3. The maximum absolute atomic E-state index is 11.4. The molecule has 0 fully saturated rings. The Morgan fingerprint density at radius 1 is 1.23 bits per heavy atom. The van der Waals surface area contributed by atoms with Crippen LogP contribution in [0.3, 0.4) is 0 Å². The molecular formula is C14H16BNO6. The lowest BCUT2D eigenvalue weighted by molar-refractivity contribution is -0.140. The second kappa shape index (κ2) is 8.11. The first-order chi connectivity index (χ1) is 10.4. The number of carbonyl (C=O) groups is 3. The summed E-state index contributed by atoms with van der Waals surface area (Å²) in [4.78, 5) is 33.5. The molecule has 0 aliphatic carbocycles. The highest BCUT2D eigenvalue weighted by Gasteiger charge is 2.25. The highest BCUT2D eigenvalue weighted by molar-refractivity contribution is 6.58. The summed E-state index contributed by atoms with van der Waals surface area (Å²) >= 11 is 0. The molecule has 2 N–H and O–H groups in total. The fourth-order valence-corrected chi connectivity index (χ4v) is 1.68. The van der Waals surface area contributed by atoms with Crippen molar-refractivity contribution in [1.29, 1.82) is 0 Å². The summed E-state index contributed by atoms with van der Waals surface area (Å²) in [6.07, 6.45) is 2.34. The lowest BCUT2D eigenvalue weighted by Crippen LogP contribution is -2.33. The fraction of sp³-hybridized carbons (Fsp3) is 0.214. The molecule has 116 valence electrons. The van der Waals surface area contributed by atoms with E-state index < -0.39 is 18.9 Å². The Kier molecular flexibility index (Phi) is 6.49. The van der Waals surface area contributed by atoms with Crippen molar-refractivity contribution in [3.63, 3.8) is 0 Å². The van der Waals surface area contributed by atoms with Crippen molar-refractivity contribution in [3.8, 4) is 0 Å². The van der Waals surface area contributed by atoms with Crippen molar-refractivity contribution < 1.29 is 29.2 Å². The van der Waals surface area contributed by atoms with Crippen molar-refractivity contribution in [2.45, 2.75) is 13.8 Å². The first-order valence-electron chi connectivity index (χ1n) is 6.52. The van der Waals surface area contributed by atoms with Gasteiger partial charge in [0, 0.05) is 19.1 Å². The minimum atomic E-state index is -1.62. The van der Waals surface area contributed by atoms with E-state index >= 15 is 0 Å². The predicted molar refractivity (Wildman–Crippen MR) is 80.2 cm³/mol. The quantitative estimate of drug-likeness (QED) is 0.437. The van der Waals surface area contributed by atoms with Crippen LogP contribution in [0.15, 0.2) is 36.4 Å². The minimum absolute atomic E-state index is 0.211. The molecular weight excluding hydrogens is 289 g/mol. The molecule has 0 saturated heterocycles. The molecule has 2 rings (SSSR count). The van der Waals surface area contributed by atoms with E-state index in [2.05, 4.69) is 4.74 Å². The Morgan fingerprint density at radius 2 is 1.82 bits per heavy atom. The van der Waals surface area contributed by atoms with Gasteiger partial charge in [0.15, 0.2) is 0 Å². The lowest BCUT2D eigenvalue weighted by atomic mass is 9.80. The van der Waals surface area contributed by atoms with E-state index in [1.165, 1.54) is 31.2 Å². The maximum Gasteiger partial charge on any atom is 0.488 e. The molecule has 0 unspecified atom stereocenters. The molecule has 1 heterocycles. The van der Waals surface area contributed by atoms with Crippen molar-refractivity contribution >= 4 is 36.1 Å². The summed E-state index contributed by atoms with van der Waals surface area (Å²) in [5, 5.41) is 17.9. The van der Waals surface area contributed by atoms with Crippen LogP contribution in [0.2, 0.25) is 0 Å². The van der Waals surface area contributed by atoms with Gasteiger partial charge in [-0.2, -0.15) is 0 Å². The molecule has 1 aromatic carbocycles. The normalized spacial score (nSPS) is 12.8. The van der Waals surface area contributed by atoms with E-state index in [0.717, 1.165) is 4.90 Å². The van der Waals surface area contributed by atoms with Gasteiger partial charge >= 0.3 is 13.1 Å². The van der Waals surface area contributed by atoms with Crippen LogP contribution >= 0.6 is 0 Å². The summed E-state index contributed by atoms with van der Waals surface area (Å²) < 4.78 is 4.40. The van der Waals surface area contributed by atoms with Gasteiger partial charge in [-0.15, -0.1) is 0 Å². The average molecular weight is 305 g/mol. The van der Waals surface area contributed by atoms with Crippen LogP contribution in [0, 0.1) is 0 Å². The van der Waals surface area contributed by atoms with Crippen molar-refractivity contribution in [2.75, 3.05) is 11.5 Å². The number of nitrogens with zero attached hydrogens (tertiary/aromatic N) is 1. The third-order valence-corrected chi connectivity index (χ3v) is 2.58. The Labute approximate surface area is 128 Å². The van der Waals surface area contributed by atoms with E-state index in [1.807, 2.05) is 0 Å². The highest BCUT2D eigenvalue weighted by Crippen LogP contribution is 2.17. The summed E-state index contributed by atoms with van der Waals surface area (Å²) in [6.45, 7) is 3.65. The first-order valence-corrected chi connectivity index (χ1v) is 6.52. The van der Waals surface area contributed by atoms with Gasteiger partial charge in [0.05, 0.1) is 12.3 Å². The molecule has 2 amide bonds. The van der Waals surface area contributed by atoms with E-state index in [1.54, 1.807) is 19.1 Å². The predicted octanol–water partition coefficient (Wildman–Crippen LogP) is -0.635. The van der Waals surface area contributed by atoms with Gasteiger partial charge in [0.2, 0.25) is 0 Å². The van der Waals surface area contributed by atoms with E-state index in [0.29, 0.717) is 12.3 Å². The van der Waals surface area contributed by atoms with Crippen molar-refractivity contribution in [1.82, 2.24) is 0 Å². The van der Waals surface area contributed by atoms with Gasteiger partial charge in [-0.3, -0.25) is 14.4 Å². The Hall–Kier alpha value is -2.45. The summed E-state index contributed by atoms with van der Waals surface area (Å²) in [5.41, 5.74) is 0.551. The first kappa shape index (κ1) is 17.6. The molecule has 0 atom stereocenters. The van der Waals surface area contributed by atoms with E-state index in [9.17, 15) is 14.4 Å². The fourth-order valence-electron chi connectivity index (χ4n) is 1.68. The second-order valence-electron chi connectivity index (χ2n) is 4.24. The summed E-state index contributed by atoms with van der Waals surface area (Å²) in [5.74, 6) is -1.08. The molecule has 0 aromatic heterocycles. The number of benzene rings is 1. The molecule has 0 saturated carbocycles. The van der Waals surface area contributed by atoms with Gasteiger partial charge < -0.3 is 14.8 Å². The van der Waals surface area contributed by atoms with Gasteiger partial charge in [-0.25, -0.2) is 4.90 Å². The van der Waals surface area contributed by atoms with Crippen LogP contribution in [0.4, 0.5) is 5.69 Å². The molecule has 7 nitrogen and oxygen atoms in total. The molecule has 1 aliphatic heterocycles. The number of hydrogen-bond acceptors (Lipinski definition) is 6. The smallest absolute Gasteiger partial charge is 0.466 e. The molecule has 0 bridgehead atoms. The molecule has 1 aromatic rings. The van der Waals surface area contributed by atoms with Gasteiger partial charge in [0.25, 0.3) is 11.8 Å². The number of rotatable bonds is 3. The Bertz CT molecular complexity index is 581. The maximum atomic E-state index is 11.4. The van der Waals surface area contributed by atoms with E-state index in [4.69, 9.17) is 10.0 Å². The second-order valence-corrected chi connectivity index (χ2v) is 4.24. The number of esters is 1. The van der Waals surface area contributed by atoms with Crippen LogP contribution < -0.4 is 10.4 Å². The number of carbonyl (C=O) groups excluding carboxylic acids is 3. The van der Waals surface area contributed by atoms with Crippen LogP contribution in [-0.2, 0) is 19.1 Å². The van der Waals surface area contributed by atoms with Gasteiger partial charge in [-0.1, -0.05) is 12.1 Å². The topological polar surface area (TPSA) is 104 Å². The van der Waals surface area contributed by atoms with Crippen molar-refractivity contribution in [3.05, 3.63) is 36.4 Å². The lowest BCUT2D eigenvalue weighted by Gasteiger charge is -2.14. The van der Waals surface area contributed by atoms with Crippen LogP contribution in [-0.4, -0.2) is 41.6 Å². The minimum Gasteiger partial charge on any atom is -0.466 e. The van der Waals surface area contributed by atoms with Gasteiger partial charge in [0.1, 0.15) is 0 Å². The third kappa shape index (κ3) is 4.83. The molecule has 8 heteroatoms. The SMILES string of the molecule is CCOC(C)=O.O=C1C=CC(=O)N1c1cccc(B(O)O)c1. The number of ether oxygens (including phenoxy) is 1. The number of imide groups is 1. The monoisotopic (exact) mass is 305 g/mol. The largest absolute Gasteiger partial charge is 0.488 e. The zero-order chi connectivity index (χ0) is 16.7. The van der Waals surface area contributed by atoms with Crippen LogP contribution in [0.25, 0.3) is 0 Å². The zero-order valence-corrected chi connectivity index (χ0v) is 12.2. The van der Waals surface area contributed by atoms with Crippen LogP contribution in [0.1, 0.15) is 13.8 Å². The zero-order valence-electron chi connectivity index (χ0n) is 12.2. The number of anilines is 1. The third-order valence-electron chi connectivity index (χ3n) is 2.58. The van der Waals surface area contributed by atoms with Gasteiger partial charge in [-0.05, 0) is 24.5 Å². The number of hydrogen-bond donors (Lipinski definition) is 2.